The summed E-state index contributed by atoms with van der Waals surface area (Å²) >= 11 is 0. The second kappa shape index (κ2) is 3.58. The lowest BCUT2D eigenvalue weighted by molar-refractivity contribution is -0.154. The van der Waals surface area contributed by atoms with Gasteiger partial charge in [-0.2, -0.15) is 0 Å². The maximum atomic E-state index is 12.4. The van der Waals surface area contributed by atoms with Crippen LogP contribution in [0.25, 0.3) is 0 Å². The largest absolute Gasteiger partial charge is 0.393 e. The molecule has 0 radical (unpaired) electrons. The Morgan fingerprint density at radius 3 is 2.67 bits per heavy atom. The van der Waals surface area contributed by atoms with Gasteiger partial charge in [-0.3, -0.25) is 4.79 Å². The van der Waals surface area contributed by atoms with E-state index in [1.807, 2.05) is 0 Å². The Balaban J connectivity index is 1.57. The van der Waals surface area contributed by atoms with E-state index in [0.717, 1.165) is 37.5 Å². The van der Waals surface area contributed by atoms with Crippen molar-refractivity contribution in [1.82, 2.24) is 0 Å². The minimum Gasteiger partial charge on any atom is -0.393 e. The lowest BCUT2D eigenvalue weighted by Gasteiger charge is -2.59. The molecule has 0 aliphatic heterocycles. The number of rotatable bonds is 0. The summed E-state index contributed by atoms with van der Waals surface area (Å²) in [4.78, 5) is 12.4. The molecule has 1 spiro atoms. The third-order valence-electron chi connectivity index (χ3n) is 9.28. The van der Waals surface area contributed by atoms with Gasteiger partial charge in [0.05, 0.1) is 6.10 Å². The number of carbonyl (C=O) groups is 1. The van der Waals surface area contributed by atoms with Gasteiger partial charge in [0.1, 0.15) is 5.78 Å². The summed E-state index contributed by atoms with van der Waals surface area (Å²) in [5.74, 6) is 3.28. The van der Waals surface area contributed by atoms with Crippen LogP contribution in [-0.4, -0.2) is 17.0 Å². The predicted molar refractivity (Wildman–Crippen MR) is 80.6 cm³/mol. The van der Waals surface area contributed by atoms with E-state index in [9.17, 15) is 9.90 Å². The van der Waals surface area contributed by atoms with Gasteiger partial charge in [-0.1, -0.05) is 13.8 Å². The molecular weight excluding hydrogens is 260 g/mol. The molecule has 0 heterocycles. The molecule has 2 heteroatoms. The van der Waals surface area contributed by atoms with Crippen molar-refractivity contribution < 1.29 is 9.90 Å². The highest BCUT2D eigenvalue weighted by atomic mass is 16.3. The quantitative estimate of drug-likeness (QED) is 0.740. The van der Waals surface area contributed by atoms with Crippen molar-refractivity contribution in [2.75, 3.05) is 0 Å². The van der Waals surface area contributed by atoms with Crippen LogP contribution in [0.5, 0.6) is 0 Å². The molecule has 5 rings (SSSR count). The van der Waals surface area contributed by atoms with Crippen LogP contribution in [-0.2, 0) is 4.79 Å². The third-order valence-corrected chi connectivity index (χ3v) is 9.28. The highest BCUT2D eigenvalue weighted by Gasteiger charge is 2.77. The summed E-state index contributed by atoms with van der Waals surface area (Å²) in [7, 11) is 0. The molecule has 5 aliphatic rings. The Morgan fingerprint density at radius 2 is 1.90 bits per heavy atom. The van der Waals surface area contributed by atoms with Crippen LogP contribution in [0.3, 0.4) is 0 Å². The van der Waals surface area contributed by atoms with Gasteiger partial charge in [0.15, 0.2) is 0 Å². The minimum atomic E-state index is -0.0886. The molecule has 21 heavy (non-hydrogen) atoms. The fourth-order valence-electron chi connectivity index (χ4n) is 8.08. The van der Waals surface area contributed by atoms with Crippen molar-refractivity contribution in [2.24, 2.45) is 39.9 Å². The van der Waals surface area contributed by atoms with Crippen LogP contribution in [0.2, 0.25) is 0 Å². The molecule has 0 saturated heterocycles. The average molecular weight is 288 g/mol. The van der Waals surface area contributed by atoms with Gasteiger partial charge in [0.2, 0.25) is 0 Å². The van der Waals surface area contributed by atoms with Crippen LogP contribution in [0, 0.1) is 39.9 Å². The summed E-state index contributed by atoms with van der Waals surface area (Å²) in [6.45, 7) is 4.73. The number of fused-ring (bicyclic) bond motifs is 4. The highest BCUT2D eigenvalue weighted by molar-refractivity contribution is 5.87. The number of aliphatic hydroxyl groups excluding tert-OH is 1. The van der Waals surface area contributed by atoms with E-state index >= 15 is 0 Å². The number of Topliss-reactive ketones (excluding diaryl/α,β-unsaturated/α-hetero) is 1. The molecule has 5 aliphatic carbocycles. The van der Waals surface area contributed by atoms with Gasteiger partial charge >= 0.3 is 0 Å². The number of carbonyl (C=O) groups excluding carboxylic acids is 1. The number of hydrogen-bond acceptors (Lipinski definition) is 2. The van der Waals surface area contributed by atoms with E-state index in [1.165, 1.54) is 25.7 Å². The van der Waals surface area contributed by atoms with Crippen molar-refractivity contribution in [3.05, 3.63) is 0 Å². The van der Waals surface area contributed by atoms with Gasteiger partial charge in [0.25, 0.3) is 0 Å². The van der Waals surface area contributed by atoms with Gasteiger partial charge in [0, 0.05) is 17.3 Å². The van der Waals surface area contributed by atoms with Gasteiger partial charge in [-0.15, -0.1) is 0 Å². The standard InChI is InChI=1S/C19H28O2/c1-17-7-6-14-12(13(17)3-4-15(17)20)9-16(21)19-10-11(19)5-8-18(14,19)2/h11-14,16,21H,3-10H2,1-2H3/t11-,12+,13-,14+,16-,17-,18+,19-/m0/s1. The summed E-state index contributed by atoms with van der Waals surface area (Å²) in [6, 6.07) is 0. The molecule has 5 saturated carbocycles. The summed E-state index contributed by atoms with van der Waals surface area (Å²) in [6.07, 6.45) is 9.10. The van der Waals surface area contributed by atoms with Crippen molar-refractivity contribution in [3.8, 4) is 0 Å². The van der Waals surface area contributed by atoms with Crippen molar-refractivity contribution >= 4 is 5.78 Å². The summed E-state index contributed by atoms with van der Waals surface area (Å²) in [5.41, 5.74) is 0.598. The topological polar surface area (TPSA) is 37.3 Å². The van der Waals surface area contributed by atoms with E-state index in [4.69, 9.17) is 0 Å². The van der Waals surface area contributed by atoms with Gasteiger partial charge in [-0.05, 0) is 74.0 Å². The Bertz CT molecular complexity index is 528. The van der Waals surface area contributed by atoms with E-state index in [0.29, 0.717) is 23.0 Å². The number of hydrogen-bond donors (Lipinski definition) is 1. The van der Waals surface area contributed by atoms with Crippen LogP contribution in [0.15, 0.2) is 0 Å². The smallest absolute Gasteiger partial charge is 0.139 e. The van der Waals surface area contributed by atoms with E-state index in [1.54, 1.807) is 0 Å². The molecule has 0 aromatic heterocycles. The van der Waals surface area contributed by atoms with Crippen LogP contribution >= 0.6 is 0 Å². The lowest BCUT2D eigenvalue weighted by atomic mass is 9.46. The zero-order valence-electron chi connectivity index (χ0n) is 13.4. The number of ketones is 1. The molecular formula is C19H28O2. The molecule has 1 N–H and O–H groups in total. The van der Waals surface area contributed by atoms with Crippen molar-refractivity contribution in [3.63, 3.8) is 0 Å². The molecule has 116 valence electrons. The monoisotopic (exact) mass is 288 g/mol. The highest BCUT2D eigenvalue weighted by Crippen LogP contribution is 2.81. The minimum absolute atomic E-state index is 0.0523. The van der Waals surface area contributed by atoms with Crippen molar-refractivity contribution in [1.29, 1.82) is 0 Å². The molecule has 0 unspecified atom stereocenters. The zero-order valence-corrected chi connectivity index (χ0v) is 13.4. The Kier molecular flexibility index (Phi) is 2.23. The molecule has 0 aromatic carbocycles. The third kappa shape index (κ3) is 1.22. The molecule has 5 fully saturated rings. The SMILES string of the molecule is C[C@]12CC[C@@H]3[C@H](C[C@H](O)[C@]45C[C@@H]4CC[C@]35C)[C@@H]1CCC2=O. The lowest BCUT2D eigenvalue weighted by Crippen LogP contribution is -2.56. The first-order valence-electron chi connectivity index (χ1n) is 9.15. The van der Waals surface area contributed by atoms with Crippen LogP contribution in [0.1, 0.15) is 65.2 Å². The van der Waals surface area contributed by atoms with E-state index in [2.05, 4.69) is 13.8 Å². The Labute approximate surface area is 127 Å². The first-order chi connectivity index (χ1) is 9.93. The Morgan fingerprint density at radius 1 is 1.10 bits per heavy atom. The predicted octanol–water partition coefficient (Wildman–Crippen LogP) is 3.57. The fraction of sp³-hybridized carbons (Fsp3) is 0.947. The van der Waals surface area contributed by atoms with Gasteiger partial charge in [-0.25, -0.2) is 0 Å². The van der Waals surface area contributed by atoms with Crippen molar-refractivity contribution in [2.45, 2.75) is 71.3 Å². The maximum Gasteiger partial charge on any atom is 0.139 e. The van der Waals surface area contributed by atoms with Gasteiger partial charge < -0.3 is 5.11 Å². The van der Waals surface area contributed by atoms with Crippen LogP contribution in [0.4, 0.5) is 0 Å². The second-order valence-electron chi connectivity index (χ2n) is 9.44. The molecule has 0 amide bonds. The first-order valence-corrected chi connectivity index (χ1v) is 9.15. The fourth-order valence-corrected chi connectivity index (χ4v) is 8.08. The molecule has 0 bridgehead atoms. The zero-order chi connectivity index (χ0) is 14.6. The first kappa shape index (κ1) is 13.1. The maximum absolute atomic E-state index is 12.4. The summed E-state index contributed by atoms with van der Waals surface area (Å²) in [5, 5.41) is 11.0. The summed E-state index contributed by atoms with van der Waals surface area (Å²) < 4.78 is 0. The Hall–Kier alpha value is -0.370. The molecule has 2 nitrogen and oxygen atoms in total. The normalized spacial score (nSPS) is 64.5. The van der Waals surface area contributed by atoms with E-state index < -0.39 is 0 Å². The average Bonchev–Trinajstić information content (AvgIpc) is 3.01. The molecule has 0 aromatic rings. The molecule has 8 atom stereocenters. The van der Waals surface area contributed by atoms with Crippen LogP contribution < -0.4 is 0 Å². The number of aliphatic hydroxyl groups is 1. The second-order valence-corrected chi connectivity index (χ2v) is 9.44. The van der Waals surface area contributed by atoms with E-state index in [-0.39, 0.29) is 16.9 Å².